The van der Waals surface area contributed by atoms with Gasteiger partial charge in [0, 0.05) is 58.7 Å². The Balaban J connectivity index is 1.46. The van der Waals surface area contributed by atoms with E-state index in [1.807, 2.05) is 29.7 Å². The van der Waals surface area contributed by atoms with E-state index in [-0.39, 0.29) is 5.41 Å². The van der Waals surface area contributed by atoms with Gasteiger partial charge in [-0.15, -0.1) is 11.3 Å². The van der Waals surface area contributed by atoms with Crippen molar-refractivity contribution in [1.29, 1.82) is 0 Å². The van der Waals surface area contributed by atoms with Crippen molar-refractivity contribution in [2.24, 2.45) is 0 Å². The molecule has 0 radical (unpaired) electrons. The molecule has 5 nitrogen and oxygen atoms in total. The van der Waals surface area contributed by atoms with Crippen molar-refractivity contribution in [2.75, 3.05) is 20.8 Å². The number of methoxy groups -OCH3 is 2. The Morgan fingerprint density at radius 1 is 1.07 bits per heavy atom. The average Bonchev–Trinajstić information content (AvgIpc) is 3.20. The van der Waals surface area contributed by atoms with Crippen molar-refractivity contribution in [3.05, 3.63) is 58.5 Å². The molecule has 158 valence electrons. The molecule has 1 aliphatic rings. The van der Waals surface area contributed by atoms with Gasteiger partial charge in [0.25, 0.3) is 0 Å². The van der Waals surface area contributed by atoms with E-state index < -0.39 is 0 Å². The average molecular weight is 424 g/mol. The van der Waals surface area contributed by atoms with Crippen LogP contribution in [0.2, 0.25) is 0 Å². The minimum Gasteiger partial charge on any atom is -0.493 e. The topological polar surface area (TPSA) is 47.5 Å². The molecule has 2 aromatic heterocycles. The van der Waals surface area contributed by atoms with Gasteiger partial charge in [-0.05, 0) is 35.9 Å². The molecule has 0 bridgehead atoms. The Kier molecular flexibility index (Phi) is 5.80. The highest BCUT2D eigenvalue weighted by Crippen LogP contribution is 2.36. The third-order valence-corrected chi connectivity index (χ3v) is 6.51. The van der Waals surface area contributed by atoms with Gasteiger partial charge in [0.1, 0.15) is 5.82 Å². The van der Waals surface area contributed by atoms with Crippen LogP contribution in [0.15, 0.2) is 36.5 Å². The van der Waals surface area contributed by atoms with Crippen molar-refractivity contribution < 1.29 is 9.47 Å². The van der Waals surface area contributed by atoms with E-state index >= 15 is 0 Å². The van der Waals surface area contributed by atoms with Gasteiger partial charge in [0.05, 0.1) is 14.2 Å². The summed E-state index contributed by atoms with van der Waals surface area (Å²) in [4.78, 5) is 14.5. The van der Waals surface area contributed by atoms with E-state index in [0.29, 0.717) is 0 Å². The maximum Gasteiger partial charge on any atom is 0.161 e. The first kappa shape index (κ1) is 20.8. The molecule has 30 heavy (non-hydrogen) atoms. The molecule has 3 aromatic rings. The normalized spacial score (nSPS) is 14.4. The van der Waals surface area contributed by atoms with E-state index in [2.05, 4.69) is 48.9 Å². The number of hydrogen-bond acceptors (Lipinski definition) is 6. The van der Waals surface area contributed by atoms with E-state index in [1.54, 1.807) is 14.2 Å². The minimum absolute atomic E-state index is 0.0102. The van der Waals surface area contributed by atoms with Crippen LogP contribution in [-0.4, -0.2) is 35.6 Å². The van der Waals surface area contributed by atoms with Crippen LogP contribution in [0.25, 0.3) is 10.4 Å². The van der Waals surface area contributed by atoms with E-state index in [1.165, 1.54) is 21.0 Å². The van der Waals surface area contributed by atoms with Crippen molar-refractivity contribution >= 4 is 11.3 Å². The maximum atomic E-state index is 5.45. The number of ether oxygens (including phenoxy) is 2. The number of thiophene rings is 1. The van der Waals surface area contributed by atoms with Crippen molar-refractivity contribution in [3.8, 4) is 21.9 Å². The molecule has 0 spiro atoms. The lowest BCUT2D eigenvalue weighted by atomic mass is 9.95. The van der Waals surface area contributed by atoms with Gasteiger partial charge in [0.2, 0.25) is 0 Å². The summed E-state index contributed by atoms with van der Waals surface area (Å²) < 4.78 is 10.8. The van der Waals surface area contributed by atoms with Crippen LogP contribution < -0.4 is 9.47 Å². The predicted octanol–water partition coefficient (Wildman–Crippen LogP) is 5.08. The SMILES string of the molecule is COc1ccc(-c2ccc(CN3CCc4nc(C(C)(C)C)ncc4C3)s2)cc1OC. The lowest BCUT2D eigenvalue weighted by Gasteiger charge is -2.28. The summed E-state index contributed by atoms with van der Waals surface area (Å²) >= 11 is 1.83. The predicted molar refractivity (Wildman–Crippen MR) is 121 cm³/mol. The molecule has 0 N–H and O–H groups in total. The number of hydrogen-bond donors (Lipinski definition) is 0. The molecule has 0 unspecified atom stereocenters. The van der Waals surface area contributed by atoms with Gasteiger partial charge < -0.3 is 9.47 Å². The van der Waals surface area contributed by atoms with Gasteiger partial charge >= 0.3 is 0 Å². The van der Waals surface area contributed by atoms with Gasteiger partial charge in [-0.1, -0.05) is 20.8 Å². The lowest BCUT2D eigenvalue weighted by molar-refractivity contribution is 0.244. The summed E-state index contributed by atoms with van der Waals surface area (Å²) in [5.41, 5.74) is 3.61. The molecule has 0 aliphatic carbocycles. The van der Waals surface area contributed by atoms with Gasteiger partial charge in [-0.3, -0.25) is 4.90 Å². The molecular weight excluding hydrogens is 394 g/mol. The molecule has 0 atom stereocenters. The zero-order valence-corrected chi connectivity index (χ0v) is 19.2. The Labute approximate surface area is 182 Å². The summed E-state index contributed by atoms with van der Waals surface area (Å²) in [6.45, 7) is 9.36. The summed E-state index contributed by atoms with van der Waals surface area (Å²) in [5.74, 6) is 2.45. The van der Waals surface area contributed by atoms with Gasteiger partial charge in [-0.2, -0.15) is 0 Å². The van der Waals surface area contributed by atoms with Crippen LogP contribution in [0.3, 0.4) is 0 Å². The molecule has 0 fully saturated rings. The monoisotopic (exact) mass is 423 g/mol. The summed E-state index contributed by atoms with van der Waals surface area (Å²) in [5, 5.41) is 0. The number of fused-ring (bicyclic) bond motifs is 1. The first-order valence-corrected chi connectivity index (χ1v) is 11.1. The van der Waals surface area contributed by atoms with Gasteiger partial charge in [0.15, 0.2) is 11.5 Å². The summed E-state index contributed by atoms with van der Waals surface area (Å²) in [6.07, 6.45) is 3.01. The summed E-state index contributed by atoms with van der Waals surface area (Å²) in [7, 11) is 3.33. The molecule has 6 heteroatoms. The lowest BCUT2D eigenvalue weighted by Crippen LogP contribution is -2.31. The van der Waals surface area contributed by atoms with E-state index in [4.69, 9.17) is 14.5 Å². The molecule has 4 rings (SSSR count). The summed E-state index contributed by atoms with van der Waals surface area (Å²) in [6, 6.07) is 10.5. The number of benzene rings is 1. The van der Waals surface area contributed by atoms with Crippen LogP contribution in [0, 0.1) is 0 Å². The Hall–Kier alpha value is -2.44. The van der Waals surface area contributed by atoms with Crippen LogP contribution in [0.4, 0.5) is 0 Å². The number of nitrogens with zero attached hydrogens (tertiary/aromatic N) is 3. The standard InChI is InChI=1S/C24H29N3O2S/c1-24(2,3)23-25-13-17-14-27(11-10-19(17)26-23)15-18-7-9-22(30-18)16-6-8-20(28-4)21(12-16)29-5/h6-9,12-13H,10-11,14-15H2,1-5H3. The molecule has 0 amide bonds. The van der Waals surface area contributed by atoms with Crippen LogP contribution >= 0.6 is 11.3 Å². The fourth-order valence-electron chi connectivity index (χ4n) is 3.70. The highest BCUT2D eigenvalue weighted by atomic mass is 32.1. The van der Waals surface area contributed by atoms with Crippen molar-refractivity contribution in [3.63, 3.8) is 0 Å². The van der Waals surface area contributed by atoms with Crippen molar-refractivity contribution in [2.45, 2.75) is 45.7 Å². The zero-order valence-electron chi connectivity index (χ0n) is 18.4. The molecule has 1 aliphatic heterocycles. The second kappa shape index (κ2) is 8.36. The molecule has 3 heterocycles. The Bertz CT molecular complexity index is 1040. The second-order valence-electron chi connectivity index (χ2n) is 8.71. The second-order valence-corrected chi connectivity index (χ2v) is 9.88. The van der Waals surface area contributed by atoms with E-state index in [0.717, 1.165) is 48.9 Å². The molecule has 0 saturated heterocycles. The first-order chi connectivity index (χ1) is 14.4. The fraction of sp³-hybridized carbons (Fsp3) is 0.417. The highest BCUT2D eigenvalue weighted by Gasteiger charge is 2.23. The van der Waals surface area contributed by atoms with Crippen LogP contribution in [0.1, 0.15) is 42.7 Å². The third-order valence-electron chi connectivity index (χ3n) is 5.39. The molecule has 0 saturated carbocycles. The van der Waals surface area contributed by atoms with E-state index in [9.17, 15) is 0 Å². The molecule has 1 aromatic carbocycles. The number of aromatic nitrogens is 2. The van der Waals surface area contributed by atoms with Gasteiger partial charge in [-0.25, -0.2) is 9.97 Å². The maximum absolute atomic E-state index is 5.45. The first-order valence-electron chi connectivity index (χ1n) is 10.3. The largest absolute Gasteiger partial charge is 0.493 e. The quantitative estimate of drug-likeness (QED) is 0.573. The van der Waals surface area contributed by atoms with Crippen LogP contribution in [0.5, 0.6) is 11.5 Å². The smallest absolute Gasteiger partial charge is 0.161 e. The third kappa shape index (κ3) is 4.35. The number of rotatable bonds is 5. The Morgan fingerprint density at radius 3 is 2.60 bits per heavy atom. The molecular formula is C24H29N3O2S. The zero-order chi connectivity index (χ0) is 21.3. The minimum atomic E-state index is -0.0102. The highest BCUT2D eigenvalue weighted by molar-refractivity contribution is 7.15. The van der Waals surface area contributed by atoms with Crippen LogP contribution in [-0.2, 0) is 24.9 Å². The Morgan fingerprint density at radius 2 is 1.87 bits per heavy atom. The fourth-order valence-corrected chi connectivity index (χ4v) is 4.75. The van der Waals surface area contributed by atoms with Crippen molar-refractivity contribution in [1.82, 2.24) is 14.9 Å².